The van der Waals surface area contributed by atoms with E-state index in [0.29, 0.717) is 25.1 Å². The first-order valence-corrected chi connectivity index (χ1v) is 8.19. The predicted molar refractivity (Wildman–Crippen MR) is 90.5 cm³/mol. The van der Waals surface area contributed by atoms with Crippen LogP contribution in [0.1, 0.15) is 10.4 Å². The third kappa shape index (κ3) is 3.36. The molecule has 0 aliphatic carbocycles. The highest BCUT2D eigenvalue weighted by Gasteiger charge is 2.14. The molecular formula is C14H10Cl2N4O2S. The molecule has 1 amide bonds. The molecule has 9 heteroatoms. The van der Waals surface area contributed by atoms with Crippen LogP contribution < -0.4 is 10.9 Å². The Balaban J connectivity index is 1.69. The van der Waals surface area contributed by atoms with E-state index in [1.807, 2.05) is 0 Å². The van der Waals surface area contributed by atoms with Crippen LogP contribution in [0.2, 0.25) is 8.67 Å². The summed E-state index contributed by atoms with van der Waals surface area (Å²) in [5.41, 5.74) is 0.609. The van der Waals surface area contributed by atoms with E-state index in [4.69, 9.17) is 23.2 Å². The smallest absolute Gasteiger partial charge is 0.277 e. The third-order valence-electron chi connectivity index (χ3n) is 3.14. The number of nitrogens with zero attached hydrogens (tertiary/aromatic N) is 3. The van der Waals surface area contributed by atoms with E-state index in [1.165, 1.54) is 10.7 Å². The fourth-order valence-corrected chi connectivity index (χ4v) is 3.49. The Hall–Kier alpha value is -1.96. The highest BCUT2D eigenvalue weighted by Crippen LogP contribution is 2.30. The minimum atomic E-state index is -0.347. The number of carbonyl (C=O) groups excluding carboxylic acids is 1. The Labute approximate surface area is 144 Å². The van der Waals surface area contributed by atoms with Crippen molar-refractivity contribution >= 4 is 51.3 Å². The van der Waals surface area contributed by atoms with Gasteiger partial charge in [0.15, 0.2) is 0 Å². The summed E-state index contributed by atoms with van der Waals surface area (Å²) in [7, 11) is 0. The molecule has 2 heterocycles. The lowest BCUT2D eigenvalue weighted by Crippen LogP contribution is -2.32. The molecule has 1 aromatic carbocycles. The SMILES string of the molecule is O=C(NCCn1nnc2ccccc2c1=O)c1cc(Cl)sc1Cl. The Bertz CT molecular complexity index is 938. The van der Waals surface area contributed by atoms with Crippen LogP contribution in [0.15, 0.2) is 35.1 Å². The first-order chi connectivity index (χ1) is 11.1. The van der Waals surface area contributed by atoms with Gasteiger partial charge >= 0.3 is 0 Å². The van der Waals surface area contributed by atoms with Crippen LogP contribution >= 0.6 is 34.5 Å². The molecule has 0 aliphatic heterocycles. The number of thiophene rings is 1. The molecule has 118 valence electrons. The molecule has 0 radical (unpaired) electrons. The lowest BCUT2D eigenvalue weighted by atomic mass is 10.2. The number of nitrogens with one attached hydrogen (secondary N) is 1. The standard InChI is InChI=1S/C14H10Cl2N4O2S/c15-11-7-9(12(16)23-11)13(21)17-5-6-20-14(22)8-3-1-2-4-10(8)18-19-20/h1-4,7H,5-6H2,(H,17,21). The third-order valence-corrected chi connectivity index (χ3v) is 4.63. The second-order valence-corrected chi connectivity index (χ2v) is 6.91. The summed E-state index contributed by atoms with van der Waals surface area (Å²) < 4.78 is 1.98. The van der Waals surface area contributed by atoms with E-state index < -0.39 is 0 Å². The summed E-state index contributed by atoms with van der Waals surface area (Å²) >= 11 is 12.9. The summed E-state index contributed by atoms with van der Waals surface area (Å²) in [4.78, 5) is 24.2. The van der Waals surface area contributed by atoms with Crippen molar-refractivity contribution in [3.05, 3.63) is 54.9 Å². The molecule has 0 unspecified atom stereocenters. The number of amides is 1. The van der Waals surface area contributed by atoms with Gasteiger partial charge in [-0.2, -0.15) is 0 Å². The first-order valence-electron chi connectivity index (χ1n) is 6.62. The molecule has 0 aliphatic rings. The second-order valence-electron chi connectivity index (χ2n) is 4.63. The Morgan fingerprint density at radius 2 is 2.09 bits per heavy atom. The van der Waals surface area contributed by atoms with Gasteiger partial charge in [0.05, 0.1) is 21.8 Å². The van der Waals surface area contributed by atoms with E-state index >= 15 is 0 Å². The van der Waals surface area contributed by atoms with Gasteiger partial charge in [-0.1, -0.05) is 40.5 Å². The number of hydrogen-bond donors (Lipinski definition) is 1. The Kier molecular flexibility index (Phi) is 4.61. The normalized spacial score (nSPS) is 10.9. The molecule has 1 N–H and O–H groups in total. The van der Waals surface area contributed by atoms with Crippen molar-refractivity contribution in [3.8, 4) is 0 Å². The number of halogens is 2. The summed E-state index contributed by atoms with van der Waals surface area (Å²) in [6.07, 6.45) is 0. The van der Waals surface area contributed by atoms with Crippen LogP contribution in [0, 0.1) is 0 Å². The summed E-state index contributed by atoms with van der Waals surface area (Å²) in [5.74, 6) is -0.347. The lowest BCUT2D eigenvalue weighted by molar-refractivity contribution is 0.0952. The number of aromatic nitrogens is 3. The molecule has 0 spiro atoms. The fourth-order valence-electron chi connectivity index (χ4n) is 2.04. The van der Waals surface area contributed by atoms with E-state index in [0.717, 1.165) is 11.3 Å². The minimum Gasteiger partial charge on any atom is -0.350 e. The maximum Gasteiger partial charge on any atom is 0.277 e. The number of rotatable bonds is 4. The zero-order valence-corrected chi connectivity index (χ0v) is 14.0. The zero-order valence-electron chi connectivity index (χ0n) is 11.6. The van der Waals surface area contributed by atoms with Crippen LogP contribution in [0.25, 0.3) is 10.9 Å². The summed E-state index contributed by atoms with van der Waals surface area (Å²) in [6.45, 7) is 0.424. The van der Waals surface area contributed by atoms with Crippen LogP contribution in [0.5, 0.6) is 0 Å². The Morgan fingerprint density at radius 1 is 1.30 bits per heavy atom. The van der Waals surface area contributed by atoms with Gasteiger partial charge < -0.3 is 5.32 Å². The maximum atomic E-state index is 12.2. The minimum absolute atomic E-state index is 0.206. The van der Waals surface area contributed by atoms with Gasteiger partial charge in [0.2, 0.25) is 0 Å². The van der Waals surface area contributed by atoms with E-state index in [-0.39, 0.29) is 24.6 Å². The molecular weight excluding hydrogens is 359 g/mol. The monoisotopic (exact) mass is 368 g/mol. The average molecular weight is 369 g/mol. The van der Waals surface area contributed by atoms with Gasteiger partial charge in [-0.05, 0) is 18.2 Å². The van der Waals surface area contributed by atoms with Crippen LogP contribution in [0.3, 0.4) is 0 Å². The number of benzene rings is 1. The van der Waals surface area contributed by atoms with Crippen molar-refractivity contribution in [2.75, 3.05) is 6.54 Å². The molecule has 6 nitrogen and oxygen atoms in total. The molecule has 3 aromatic rings. The highest BCUT2D eigenvalue weighted by atomic mass is 35.5. The average Bonchev–Trinajstić information content (AvgIpc) is 2.88. The number of hydrogen-bond acceptors (Lipinski definition) is 5. The second kappa shape index (κ2) is 6.66. The first kappa shape index (κ1) is 15.9. The van der Waals surface area contributed by atoms with Crippen molar-refractivity contribution in [2.24, 2.45) is 0 Å². The van der Waals surface area contributed by atoms with E-state index in [9.17, 15) is 9.59 Å². The molecule has 0 bridgehead atoms. The van der Waals surface area contributed by atoms with E-state index in [1.54, 1.807) is 24.3 Å². The van der Waals surface area contributed by atoms with Gasteiger partial charge in [0.1, 0.15) is 9.85 Å². The molecule has 2 aromatic heterocycles. The number of carbonyl (C=O) groups is 1. The number of fused-ring (bicyclic) bond motifs is 1. The summed E-state index contributed by atoms with van der Waals surface area (Å²) in [6, 6.07) is 8.47. The molecule has 0 saturated heterocycles. The van der Waals surface area contributed by atoms with Crippen molar-refractivity contribution in [3.63, 3.8) is 0 Å². The van der Waals surface area contributed by atoms with Gasteiger partial charge in [0, 0.05) is 6.54 Å². The lowest BCUT2D eigenvalue weighted by Gasteiger charge is -2.06. The van der Waals surface area contributed by atoms with Gasteiger partial charge in [-0.3, -0.25) is 9.59 Å². The van der Waals surface area contributed by atoms with Crippen molar-refractivity contribution in [2.45, 2.75) is 6.54 Å². The molecule has 23 heavy (non-hydrogen) atoms. The van der Waals surface area contributed by atoms with Gasteiger partial charge in [-0.15, -0.1) is 16.4 Å². The van der Waals surface area contributed by atoms with Crippen molar-refractivity contribution in [1.29, 1.82) is 0 Å². The Morgan fingerprint density at radius 3 is 2.83 bits per heavy atom. The molecule has 3 rings (SSSR count). The van der Waals surface area contributed by atoms with E-state index in [2.05, 4.69) is 15.6 Å². The quantitative estimate of drug-likeness (QED) is 0.767. The highest BCUT2D eigenvalue weighted by molar-refractivity contribution is 7.20. The van der Waals surface area contributed by atoms with Crippen LogP contribution in [-0.2, 0) is 6.54 Å². The summed E-state index contributed by atoms with van der Waals surface area (Å²) in [5, 5.41) is 11.0. The molecule has 0 fully saturated rings. The molecule has 0 saturated carbocycles. The predicted octanol–water partition coefficient (Wildman–Crippen LogP) is 2.59. The molecule has 0 atom stereocenters. The zero-order chi connectivity index (χ0) is 16.4. The van der Waals surface area contributed by atoms with Crippen molar-refractivity contribution < 1.29 is 4.79 Å². The van der Waals surface area contributed by atoms with Crippen LogP contribution in [0.4, 0.5) is 0 Å². The topological polar surface area (TPSA) is 76.9 Å². The largest absolute Gasteiger partial charge is 0.350 e. The van der Waals surface area contributed by atoms with Crippen LogP contribution in [-0.4, -0.2) is 27.4 Å². The van der Waals surface area contributed by atoms with Gasteiger partial charge in [-0.25, -0.2) is 4.68 Å². The van der Waals surface area contributed by atoms with Gasteiger partial charge in [0.25, 0.3) is 11.5 Å². The fraction of sp³-hybridized carbons (Fsp3) is 0.143. The maximum absolute atomic E-state index is 12.2. The van der Waals surface area contributed by atoms with Crippen molar-refractivity contribution in [1.82, 2.24) is 20.3 Å².